The Balaban J connectivity index is 2.05. The Kier molecular flexibility index (Phi) is 5.30. The predicted octanol–water partition coefficient (Wildman–Crippen LogP) is 3.88. The van der Waals surface area contributed by atoms with E-state index in [1.807, 2.05) is 6.92 Å². The number of rotatable bonds is 4. The summed E-state index contributed by atoms with van der Waals surface area (Å²) >= 11 is 12.4. The van der Waals surface area contributed by atoms with Crippen LogP contribution in [0.3, 0.4) is 0 Å². The predicted molar refractivity (Wildman–Crippen MR) is 100 cm³/mol. The molecule has 0 aliphatic carbocycles. The number of fused-ring (bicyclic) bond motifs is 1. The van der Waals surface area contributed by atoms with E-state index in [4.69, 9.17) is 28.0 Å². The smallest absolute Gasteiger partial charge is 0.274 e. The van der Waals surface area contributed by atoms with E-state index >= 15 is 0 Å². The molecule has 8 heteroatoms. The van der Waals surface area contributed by atoms with Crippen molar-refractivity contribution in [2.45, 2.75) is 17.7 Å². The van der Waals surface area contributed by atoms with E-state index < -0.39 is 15.8 Å². The monoisotopic (exact) mass is 413 g/mol. The quantitative estimate of drug-likeness (QED) is 0.762. The number of hydroxylamine groups is 2. The molecule has 1 aliphatic rings. The van der Waals surface area contributed by atoms with Crippen molar-refractivity contribution >= 4 is 38.9 Å². The van der Waals surface area contributed by atoms with E-state index in [-0.39, 0.29) is 33.1 Å². The van der Waals surface area contributed by atoms with E-state index in [1.54, 1.807) is 30.3 Å². The van der Waals surface area contributed by atoms with Crippen molar-refractivity contribution in [3.05, 3.63) is 63.1 Å². The molecule has 26 heavy (non-hydrogen) atoms. The number of amides is 1. The maximum absolute atomic E-state index is 12.9. The number of hydrogen-bond acceptors (Lipinski definition) is 4. The molecule has 0 aromatic heterocycles. The van der Waals surface area contributed by atoms with Gasteiger partial charge in [0, 0.05) is 11.5 Å². The first-order chi connectivity index (χ1) is 12.2. The molecular formula is C18H17Cl2NO4S. The first-order valence-corrected chi connectivity index (χ1v) is 10.3. The lowest BCUT2D eigenvalue weighted by Gasteiger charge is -2.33. The van der Waals surface area contributed by atoms with Crippen molar-refractivity contribution in [3.63, 3.8) is 0 Å². The van der Waals surface area contributed by atoms with Gasteiger partial charge in [-0.15, -0.1) is 0 Å². The minimum atomic E-state index is -3.59. The molecular weight excluding hydrogens is 397 g/mol. The van der Waals surface area contributed by atoms with Crippen LogP contribution in [0, 0.1) is 6.92 Å². The molecule has 5 nitrogen and oxygen atoms in total. The zero-order chi connectivity index (χ0) is 19.1. The third-order valence-corrected chi connectivity index (χ3v) is 7.06. The Morgan fingerprint density at radius 3 is 2.42 bits per heavy atom. The lowest BCUT2D eigenvalue weighted by atomic mass is 9.91. The Labute approximate surface area is 162 Å². The van der Waals surface area contributed by atoms with Gasteiger partial charge in [-0.25, -0.2) is 13.5 Å². The maximum Gasteiger partial charge on any atom is 0.277 e. The van der Waals surface area contributed by atoms with Crippen LogP contribution in [0.25, 0.3) is 0 Å². The second kappa shape index (κ2) is 7.19. The summed E-state index contributed by atoms with van der Waals surface area (Å²) in [5, 5.41) is 1.63. The van der Waals surface area contributed by atoms with E-state index in [9.17, 15) is 13.2 Å². The summed E-state index contributed by atoms with van der Waals surface area (Å²) in [5.41, 5.74) is 1.72. The third-order valence-electron chi connectivity index (χ3n) is 4.41. The van der Waals surface area contributed by atoms with Crippen LogP contribution in [0.4, 0.5) is 0 Å². The van der Waals surface area contributed by atoms with Crippen LogP contribution in [0.15, 0.2) is 41.3 Å². The Hall–Kier alpha value is -1.60. The molecule has 0 radical (unpaired) electrons. The van der Waals surface area contributed by atoms with Gasteiger partial charge < -0.3 is 0 Å². The molecule has 0 fully saturated rings. The number of benzene rings is 2. The van der Waals surface area contributed by atoms with Gasteiger partial charge in [0.25, 0.3) is 5.91 Å². The SMILES string of the molecule is CON1C[C@@H](CS(=O)(=O)c2ccc(C)cc2)c2c(ccc(Cl)c2Cl)C1=O. The minimum Gasteiger partial charge on any atom is -0.274 e. The van der Waals surface area contributed by atoms with Crippen molar-refractivity contribution in [3.8, 4) is 0 Å². The summed E-state index contributed by atoms with van der Waals surface area (Å²) in [6.07, 6.45) is 0. The van der Waals surface area contributed by atoms with Gasteiger partial charge in [0.2, 0.25) is 0 Å². The van der Waals surface area contributed by atoms with Gasteiger partial charge >= 0.3 is 0 Å². The number of sulfone groups is 1. The molecule has 2 aromatic rings. The van der Waals surface area contributed by atoms with Crippen LogP contribution >= 0.6 is 23.2 Å². The van der Waals surface area contributed by atoms with Crippen LogP contribution in [-0.4, -0.2) is 38.8 Å². The lowest BCUT2D eigenvalue weighted by Crippen LogP contribution is -2.41. The van der Waals surface area contributed by atoms with E-state index in [0.717, 1.165) is 10.6 Å². The molecule has 1 atom stereocenters. The van der Waals surface area contributed by atoms with Crippen molar-refractivity contribution in [2.24, 2.45) is 0 Å². The van der Waals surface area contributed by atoms with E-state index in [1.165, 1.54) is 13.2 Å². The molecule has 0 saturated heterocycles. The highest BCUT2D eigenvalue weighted by atomic mass is 35.5. The lowest BCUT2D eigenvalue weighted by molar-refractivity contribution is -0.100. The van der Waals surface area contributed by atoms with Crippen molar-refractivity contribution in [1.82, 2.24) is 5.06 Å². The maximum atomic E-state index is 12.9. The highest BCUT2D eigenvalue weighted by molar-refractivity contribution is 7.91. The minimum absolute atomic E-state index is 0.0769. The van der Waals surface area contributed by atoms with E-state index in [2.05, 4.69) is 0 Å². The van der Waals surface area contributed by atoms with Crippen LogP contribution < -0.4 is 0 Å². The second-order valence-corrected chi connectivity index (χ2v) is 8.98. The van der Waals surface area contributed by atoms with Gasteiger partial charge in [-0.05, 0) is 36.8 Å². The molecule has 0 unspecified atom stereocenters. The van der Waals surface area contributed by atoms with Crippen molar-refractivity contribution in [1.29, 1.82) is 0 Å². The summed E-state index contributed by atoms with van der Waals surface area (Å²) in [4.78, 5) is 17.8. The largest absolute Gasteiger partial charge is 0.277 e. The summed E-state index contributed by atoms with van der Waals surface area (Å²) in [6, 6.07) is 9.71. The summed E-state index contributed by atoms with van der Waals surface area (Å²) in [6.45, 7) is 1.96. The van der Waals surface area contributed by atoms with Crippen LogP contribution in [0.1, 0.15) is 27.4 Å². The zero-order valence-electron chi connectivity index (χ0n) is 14.2. The third kappa shape index (κ3) is 3.47. The molecule has 0 spiro atoms. The molecule has 0 saturated carbocycles. The number of nitrogens with zero attached hydrogens (tertiary/aromatic N) is 1. The summed E-state index contributed by atoms with van der Waals surface area (Å²) in [7, 11) is -2.23. The number of carbonyl (C=O) groups is 1. The second-order valence-electron chi connectivity index (χ2n) is 6.16. The topological polar surface area (TPSA) is 63.7 Å². The zero-order valence-corrected chi connectivity index (χ0v) is 16.5. The Morgan fingerprint density at radius 1 is 1.15 bits per heavy atom. The van der Waals surface area contributed by atoms with Crippen molar-refractivity contribution in [2.75, 3.05) is 19.4 Å². The first kappa shape index (κ1) is 19.2. The number of carbonyl (C=O) groups excluding carboxylic acids is 1. The first-order valence-electron chi connectivity index (χ1n) is 7.88. The Morgan fingerprint density at radius 2 is 1.81 bits per heavy atom. The van der Waals surface area contributed by atoms with Crippen LogP contribution in [0.2, 0.25) is 10.0 Å². The fraction of sp³-hybridized carbons (Fsp3) is 0.278. The highest BCUT2D eigenvalue weighted by Gasteiger charge is 2.37. The van der Waals surface area contributed by atoms with Gasteiger partial charge in [0.15, 0.2) is 9.84 Å². The molecule has 1 heterocycles. The normalized spacial score (nSPS) is 17.3. The highest BCUT2D eigenvalue weighted by Crippen LogP contribution is 2.39. The van der Waals surface area contributed by atoms with Crippen LogP contribution in [-0.2, 0) is 14.7 Å². The van der Waals surface area contributed by atoms with Crippen LogP contribution in [0.5, 0.6) is 0 Å². The summed E-state index contributed by atoms with van der Waals surface area (Å²) in [5.74, 6) is -1.14. The standard InChI is InChI=1S/C18H17Cl2NO4S/c1-11-3-5-13(6-4-11)26(23,24)10-12-9-21(25-2)18(22)14-7-8-15(19)17(20)16(12)14/h3-8,12H,9-10H2,1-2H3/t12-/m0/s1. The van der Waals surface area contributed by atoms with Gasteiger partial charge in [0.1, 0.15) is 0 Å². The van der Waals surface area contributed by atoms with E-state index in [0.29, 0.717) is 11.1 Å². The fourth-order valence-electron chi connectivity index (χ4n) is 3.06. The number of aryl methyl sites for hydroxylation is 1. The molecule has 1 aliphatic heterocycles. The number of hydrogen-bond donors (Lipinski definition) is 0. The molecule has 3 rings (SSSR count). The Bertz CT molecular complexity index is 958. The van der Waals surface area contributed by atoms with Gasteiger partial charge in [-0.3, -0.25) is 9.63 Å². The molecule has 138 valence electrons. The average molecular weight is 414 g/mol. The molecule has 2 aromatic carbocycles. The average Bonchev–Trinajstić information content (AvgIpc) is 2.60. The number of halogens is 2. The molecule has 0 N–H and O–H groups in total. The molecule has 1 amide bonds. The molecule has 0 bridgehead atoms. The van der Waals surface area contributed by atoms with Gasteiger partial charge in [0.05, 0.1) is 34.3 Å². The van der Waals surface area contributed by atoms with Gasteiger partial charge in [-0.2, -0.15) is 0 Å². The van der Waals surface area contributed by atoms with Gasteiger partial charge in [-0.1, -0.05) is 40.9 Å². The summed E-state index contributed by atoms with van der Waals surface area (Å²) < 4.78 is 25.7. The fourth-order valence-corrected chi connectivity index (χ4v) is 5.09. The van der Waals surface area contributed by atoms with Crippen molar-refractivity contribution < 1.29 is 18.0 Å².